The molecule has 3 fully saturated rings. The third kappa shape index (κ3) is 0.516. The topological polar surface area (TPSA) is 59.3 Å². The number of rotatable bonds is 0. The highest BCUT2D eigenvalue weighted by Crippen LogP contribution is 2.49. The van der Waals surface area contributed by atoms with Gasteiger partial charge in [0.2, 0.25) is 0 Å². The van der Waals surface area contributed by atoms with Gasteiger partial charge in [0.25, 0.3) is 0 Å². The molecule has 0 spiro atoms. The van der Waals surface area contributed by atoms with Gasteiger partial charge in [0.15, 0.2) is 0 Å². The van der Waals surface area contributed by atoms with Gasteiger partial charge in [-0.05, 0) is 0 Å². The zero-order valence-electron chi connectivity index (χ0n) is 6.27. The average Bonchev–Trinajstić information content (AvgIpc) is 2.61. The first kappa shape index (κ1) is 6.44. The fourth-order valence-corrected chi connectivity index (χ4v) is 2.48. The van der Waals surface area contributed by atoms with E-state index in [2.05, 4.69) is 6.07 Å². The maximum Gasteiger partial charge on any atom is 0.313 e. The SMILES string of the molecule is N#CC1C2CC3OC(=O)C1C3O2. The maximum absolute atomic E-state index is 11.2. The second kappa shape index (κ2) is 1.80. The molecule has 3 aliphatic rings. The van der Waals surface area contributed by atoms with Crippen LogP contribution in [-0.2, 0) is 14.3 Å². The molecule has 2 bridgehead atoms. The lowest BCUT2D eigenvalue weighted by Crippen LogP contribution is -2.30. The molecule has 4 heteroatoms. The summed E-state index contributed by atoms with van der Waals surface area (Å²) in [5, 5.41) is 8.79. The summed E-state index contributed by atoms with van der Waals surface area (Å²) < 4.78 is 10.5. The summed E-state index contributed by atoms with van der Waals surface area (Å²) >= 11 is 0. The monoisotopic (exact) mass is 165 g/mol. The number of nitrogens with zero attached hydrogens (tertiary/aromatic N) is 1. The zero-order valence-corrected chi connectivity index (χ0v) is 6.27. The third-order valence-electron chi connectivity index (χ3n) is 2.99. The van der Waals surface area contributed by atoms with Crippen molar-refractivity contribution in [2.45, 2.75) is 24.7 Å². The molecule has 3 aliphatic heterocycles. The molecule has 12 heavy (non-hydrogen) atoms. The second-order valence-corrected chi connectivity index (χ2v) is 3.53. The number of ether oxygens (including phenoxy) is 2. The third-order valence-corrected chi connectivity index (χ3v) is 2.99. The van der Waals surface area contributed by atoms with Crippen LogP contribution in [0.4, 0.5) is 0 Å². The molecule has 5 unspecified atom stereocenters. The molecule has 0 N–H and O–H groups in total. The summed E-state index contributed by atoms with van der Waals surface area (Å²) in [6, 6.07) is 2.13. The highest BCUT2D eigenvalue weighted by atomic mass is 16.6. The summed E-state index contributed by atoms with van der Waals surface area (Å²) in [5.74, 6) is -0.795. The molecule has 62 valence electrons. The van der Waals surface area contributed by atoms with E-state index < -0.39 is 0 Å². The number of nitriles is 1. The van der Waals surface area contributed by atoms with Gasteiger partial charge in [-0.25, -0.2) is 0 Å². The van der Waals surface area contributed by atoms with Crippen LogP contribution < -0.4 is 0 Å². The molecule has 0 saturated carbocycles. The molecular formula is C8H7NO3. The van der Waals surface area contributed by atoms with E-state index in [1.54, 1.807) is 0 Å². The number of carbonyl (C=O) groups is 1. The van der Waals surface area contributed by atoms with E-state index in [0.717, 1.165) is 0 Å². The van der Waals surface area contributed by atoms with E-state index in [1.807, 2.05) is 0 Å². The van der Waals surface area contributed by atoms with Crippen molar-refractivity contribution < 1.29 is 14.3 Å². The van der Waals surface area contributed by atoms with Gasteiger partial charge in [0.1, 0.15) is 18.1 Å². The summed E-state index contributed by atoms with van der Waals surface area (Å²) in [6.45, 7) is 0. The van der Waals surface area contributed by atoms with Crippen molar-refractivity contribution in [2.24, 2.45) is 11.8 Å². The summed E-state index contributed by atoms with van der Waals surface area (Å²) in [6.07, 6.45) is 0.483. The molecule has 0 amide bonds. The van der Waals surface area contributed by atoms with Crippen molar-refractivity contribution in [3.05, 3.63) is 0 Å². The summed E-state index contributed by atoms with van der Waals surface area (Å²) in [4.78, 5) is 11.2. The van der Waals surface area contributed by atoms with Crippen LogP contribution in [0.3, 0.4) is 0 Å². The fraction of sp³-hybridized carbons (Fsp3) is 0.750. The van der Waals surface area contributed by atoms with Crippen molar-refractivity contribution in [1.82, 2.24) is 0 Å². The van der Waals surface area contributed by atoms with Gasteiger partial charge >= 0.3 is 5.97 Å². The van der Waals surface area contributed by atoms with Crippen LogP contribution in [0.1, 0.15) is 6.42 Å². The van der Waals surface area contributed by atoms with Gasteiger partial charge in [-0.3, -0.25) is 4.79 Å². The number of carbonyl (C=O) groups excluding carboxylic acids is 1. The van der Waals surface area contributed by atoms with Crippen LogP contribution in [0, 0.1) is 23.2 Å². The first-order chi connectivity index (χ1) is 5.81. The number of esters is 1. The van der Waals surface area contributed by atoms with Crippen LogP contribution in [0.2, 0.25) is 0 Å². The highest BCUT2D eigenvalue weighted by molar-refractivity contribution is 5.78. The molecule has 0 radical (unpaired) electrons. The molecule has 0 aliphatic carbocycles. The standard InChI is InChI=1S/C8H7NO3/c9-2-3-4-1-5-7(11-4)6(3)8(10)12-5/h3-7H,1H2. The summed E-state index contributed by atoms with van der Waals surface area (Å²) in [7, 11) is 0. The minimum absolute atomic E-state index is 0.0542. The maximum atomic E-state index is 11.2. The Bertz CT molecular complexity index is 293. The van der Waals surface area contributed by atoms with Crippen LogP contribution in [0.5, 0.6) is 0 Å². The van der Waals surface area contributed by atoms with E-state index >= 15 is 0 Å². The van der Waals surface area contributed by atoms with Crippen LogP contribution in [0.25, 0.3) is 0 Å². The van der Waals surface area contributed by atoms with Crippen molar-refractivity contribution in [1.29, 1.82) is 5.26 Å². The Morgan fingerprint density at radius 1 is 1.50 bits per heavy atom. The van der Waals surface area contributed by atoms with Crippen molar-refractivity contribution >= 4 is 5.97 Å². The molecule has 5 atom stereocenters. The Hall–Kier alpha value is -1.08. The Balaban J connectivity index is 2.05. The molecule has 3 rings (SSSR count). The Kier molecular flexibility index (Phi) is 0.968. The molecule has 3 heterocycles. The van der Waals surface area contributed by atoms with Gasteiger partial charge in [0, 0.05) is 6.42 Å². The van der Waals surface area contributed by atoms with E-state index in [-0.39, 0.29) is 36.1 Å². The molecule has 0 aromatic rings. The van der Waals surface area contributed by atoms with Gasteiger partial charge < -0.3 is 9.47 Å². The van der Waals surface area contributed by atoms with Crippen LogP contribution in [0.15, 0.2) is 0 Å². The average molecular weight is 165 g/mol. The normalized spacial score (nSPS) is 53.9. The van der Waals surface area contributed by atoms with Gasteiger partial charge in [-0.2, -0.15) is 5.26 Å². The molecular weight excluding hydrogens is 158 g/mol. The van der Waals surface area contributed by atoms with E-state index in [1.165, 1.54) is 0 Å². The zero-order chi connectivity index (χ0) is 8.29. The highest BCUT2D eigenvalue weighted by Gasteiger charge is 2.63. The fourth-order valence-electron chi connectivity index (χ4n) is 2.48. The molecule has 3 saturated heterocycles. The van der Waals surface area contributed by atoms with Crippen molar-refractivity contribution in [3.63, 3.8) is 0 Å². The minimum Gasteiger partial charge on any atom is -0.459 e. The van der Waals surface area contributed by atoms with Gasteiger partial charge in [-0.15, -0.1) is 0 Å². The Morgan fingerprint density at radius 3 is 3.08 bits per heavy atom. The van der Waals surface area contributed by atoms with Gasteiger partial charge in [0.05, 0.1) is 18.1 Å². The predicted octanol–water partition coefficient (Wildman–Crippen LogP) is -0.161. The Labute approximate surface area is 69.1 Å². The Morgan fingerprint density at radius 2 is 2.33 bits per heavy atom. The number of hydrogen-bond acceptors (Lipinski definition) is 4. The van der Waals surface area contributed by atoms with Crippen molar-refractivity contribution in [3.8, 4) is 6.07 Å². The summed E-state index contributed by atoms with van der Waals surface area (Å²) in [5.41, 5.74) is 0. The number of hydrogen-bond donors (Lipinski definition) is 0. The van der Waals surface area contributed by atoms with E-state index in [9.17, 15) is 4.79 Å². The first-order valence-electron chi connectivity index (χ1n) is 4.07. The molecule has 0 aromatic heterocycles. The molecule has 4 nitrogen and oxygen atoms in total. The van der Waals surface area contributed by atoms with E-state index in [0.29, 0.717) is 6.42 Å². The lowest BCUT2D eigenvalue weighted by Gasteiger charge is -2.13. The largest absolute Gasteiger partial charge is 0.459 e. The number of fused-ring (bicyclic) bond motifs is 1. The molecule has 0 aromatic carbocycles. The quantitative estimate of drug-likeness (QED) is 0.468. The smallest absolute Gasteiger partial charge is 0.313 e. The second-order valence-electron chi connectivity index (χ2n) is 3.53. The lowest BCUT2D eigenvalue weighted by atomic mass is 9.81. The first-order valence-corrected chi connectivity index (χ1v) is 4.07. The lowest BCUT2D eigenvalue weighted by molar-refractivity contribution is -0.143. The predicted molar refractivity (Wildman–Crippen MR) is 35.8 cm³/mol. The minimum atomic E-state index is -0.293. The van der Waals surface area contributed by atoms with E-state index in [4.69, 9.17) is 14.7 Å². The van der Waals surface area contributed by atoms with Gasteiger partial charge in [-0.1, -0.05) is 0 Å². The van der Waals surface area contributed by atoms with Crippen LogP contribution in [-0.4, -0.2) is 24.3 Å². The van der Waals surface area contributed by atoms with Crippen molar-refractivity contribution in [2.75, 3.05) is 0 Å². The van der Waals surface area contributed by atoms with Crippen LogP contribution >= 0.6 is 0 Å².